The maximum Gasteiger partial charge on any atom is 0.0875 e. The molecule has 0 aromatic heterocycles. The van der Waals surface area contributed by atoms with E-state index in [1.165, 1.54) is 11.1 Å². The Balaban J connectivity index is 2.73. The van der Waals surface area contributed by atoms with Gasteiger partial charge in [-0.3, -0.25) is 0 Å². The highest BCUT2D eigenvalue weighted by Crippen LogP contribution is 2.52. The van der Waals surface area contributed by atoms with Gasteiger partial charge in [0.15, 0.2) is 0 Å². The van der Waals surface area contributed by atoms with E-state index >= 15 is 0 Å². The van der Waals surface area contributed by atoms with Crippen molar-refractivity contribution in [3.05, 3.63) is 35.4 Å². The Bertz CT molecular complexity index is 498. The highest BCUT2D eigenvalue weighted by atomic mass is 16.5. The zero-order chi connectivity index (χ0) is 18.1. The predicted octanol–water partition coefficient (Wildman–Crippen LogP) is 6.74. The molecule has 0 bridgehead atoms. The van der Waals surface area contributed by atoms with E-state index in [4.69, 9.17) is 4.74 Å². The number of benzene rings is 1. The van der Waals surface area contributed by atoms with Gasteiger partial charge < -0.3 is 4.74 Å². The van der Waals surface area contributed by atoms with Gasteiger partial charge in [0.1, 0.15) is 0 Å². The van der Waals surface area contributed by atoms with Crippen molar-refractivity contribution in [1.82, 2.24) is 0 Å². The van der Waals surface area contributed by atoms with Crippen LogP contribution in [0.4, 0.5) is 0 Å². The van der Waals surface area contributed by atoms with E-state index in [9.17, 15) is 0 Å². The van der Waals surface area contributed by atoms with Crippen LogP contribution in [-0.4, -0.2) is 6.61 Å². The summed E-state index contributed by atoms with van der Waals surface area (Å²) in [5.74, 6) is 0. The van der Waals surface area contributed by atoms with Crippen LogP contribution in [0.25, 0.3) is 0 Å². The lowest BCUT2D eigenvalue weighted by Gasteiger charge is -2.51. The maximum atomic E-state index is 6.30. The summed E-state index contributed by atoms with van der Waals surface area (Å²) >= 11 is 0. The Hall–Kier alpha value is -0.820. The monoisotopic (exact) mass is 318 g/mol. The first-order chi connectivity index (χ1) is 10.2. The Morgan fingerprint density at radius 2 is 1.26 bits per heavy atom. The standard InChI is InChI=1S/C22H38O/c1-17-11-13-18(14-12-17)21(7,8)23-16-15-20(5,6)22(9,10)19(2,3)4/h11-14H,15-16H2,1-10H3. The molecule has 0 heterocycles. The molecular formula is C22H38O. The molecule has 0 aliphatic heterocycles. The maximum absolute atomic E-state index is 6.30. The van der Waals surface area contributed by atoms with Gasteiger partial charge in [0.05, 0.1) is 5.60 Å². The van der Waals surface area contributed by atoms with Crippen molar-refractivity contribution in [2.45, 2.75) is 81.3 Å². The van der Waals surface area contributed by atoms with Crippen LogP contribution in [0, 0.1) is 23.2 Å². The van der Waals surface area contributed by atoms with Crippen molar-refractivity contribution in [2.24, 2.45) is 16.2 Å². The largest absolute Gasteiger partial charge is 0.371 e. The fourth-order valence-electron chi connectivity index (χ4n) is 2.93. The molecule has 0 saturated carbocycles. The molecule has 0 aliphatic rings. The summed E-state index contributed by atoms with van der Waals surface area (Å²) in [4.78, 5) is 0. The molecule has 0 fully saturated rings. The first-order valence-corrected chi connectivity index (χ1v) is 8.92. The zero-order valence-corrected chi connectivity index (χ0v) is 17.1. The van der Waals surface area contributed by atoms with Gasteiger partial charge in [0.2, 0.25) is 0 Å². The third-order valence-corrected chi connectivity index (χ3v) is 6.50. The van der Waals surface area contributed by atoms with Gasteiger partial charge in [0.25, 0.3) is 0 Å². The van der Waals surface area contributed by atoms with Crippen LogP contribution >= 0.6 is 0 Å². The first kappa shape index (κ1) is 20.2. The smallest absolute Gasteiger partial charge is 0.0875 e. The van der Waals surface area contributed by atoms with E-state index < -0.39 is 0 Å². The minimum atomic E-state index is -0.240. The predicted molar refractivity (Wildman–Crippen MR) is 102 cm³/mol. The first-order valence-electron chi connectivity index (χ1n) is 8.92. The van der Waals surface area contributed by atoms with Crippen molar-refractivity contribution in [2.75, 3.05) is 6.61 Å². The number of hydrogen-bond donors (Lipinski definition) is 0. The highest BCUT2D eigenvalue weighted by molar-refractivity contribution is 5.25. The normalized spacial score (nSPS) is 14.2. The van der Waals surface area contributed by atoms with Crippen molar-refractivity contribution >= 4 is 0 Å². The van der Waals surface area contributed by atoms with Gasteiger partial charge in [-0.1, -0.05) is 78.3 Å². The zero-order valence-electron chi connectivity index (χ0n) is 17.1. The number of hydrogen-bond acceptors (Lipinski definition) is 1. The number of ether oxygens (including phenoxy) is 1. The molecule has 1 nitrogen and oxygen atoms in total. The van der Waals surface area contributed by atoms with E-state index in [0.29, 0.717) is 0 Å². The van der Waals surface area contributed by atoms with E-state index in [0.717, 1.165) is 13.0 Å². The fraction of sp³-hybridized carbons (Fsp3) is 0.727. The molecule has 1 aromatic rings. The molecule has 0 aliphatic carbocycles. The molecule has 23 heavy (non-hydrogen) atoms. The average Bonchev–Trinajstić information content (AvgIpc) is 2.37. The fourth-order valence-corrected chi connectivity index (χ4v) is 2.93. The third kappa shape index (κ3) is 4.59. The van der Waals surface area contributed by atoms with Gasteiger partial charge in [0, 0.05) is 6.61 Å². The molecule has 1 aromatic carbocycles. The molecule has 0 spiro atoms. The second kappa shape index (κ2) is 6.59. The Kier molecular flexibility index (Phi) is 5.79. The van der Waals surface area contributed by atoms with Gasteiger partial charge in [-0.25, -0.2) is 0 Å². The van der Waals surface area contributed by atoms with E-state index in [1.807, 2.05) is 0 Å². The SMILES string of the molecule is Cc1ccc(C(C)(C)OCCC(C)(C)C(C)(C)C(C)(C)C)cc1. The second-order valence-electron chi connectivity index (χ2n) is 9.73. The quantitative estimate of drug-likeness (QED) is 0.564. The molecule has 1 heteroatoms. The third-order valence-electron chi connectivity index (χ3n) is 6.50. The lowest BCUT2D eigenvalue weighted by molar-refractivity contribution is -0.0688. The lowest BCUT2D eigenvalue weighted by Crippen LogP contribution is -2.43. The summed E-state index contributed by atoms with van der Waals surface area (Å²) in [7, 11) is 0. The van der Waals surface area contributed by atoms with E-state index in [2.05, 4.69) is 93.5 Å². The van der Waals surface area contributed by atoms with Gasteiger partial charge in [-0.15, -0.1) is 0 Å². The molecule has 132 valence electrons. The molecule has 1 rings (SSSR count). The van der Waals surface area contributed by atoms with Crippen LogP contribution < -0.4 is 0 Å². The van der Waals surface area contributed by atoms with Gasteiger partial charge in [-0.05, 0) is 49.0 Å². The van der Waals surface area contributed by atoms with Gasteiger partial charge >= 0.3 is 0 Å². The minimum absolute atomic E-state index is 0.217. The topological polar surface area (TPSA) is 9.23 Å². The Morgan fingerprint density at radius 3 is 1.70 bits per heavy atom. The summed E-state index contributed by atoms with van der Waals surface area (Å²) in [5, 5.41) is 0. The molecule has 0 unspecified atom stereocenters. The number of aryl methyl sites for hydroxylation is 1. The van der Waals surface area contributed by atoms with Crippen molar-refractivity contribution in [3.8, 4) is 0 Å². The minimum Gasteiger partial charge on any atom is -0.371 e. The molecule has 0 saturated heterocycles. The molecule has 0 radical (unpaired) electrons. The molecule has 0 N–H and O–H groups in total. The number of rotatable bonds is 6. The van der Waals surface area contributed by atoms with E-state index in [-0.39, 0.29) is 21.8 Å². The average molecular weight is 319 g/mol. The summed E-state index contributed by atoms with van der Waals surface area (Å²) < 4.78 is 6.30. The molecule has 0 amide bonds. The summed E-state index contributed by atoms with van der Waals surface area (Å²) in [6.07, 6.45) is 1.06. The Morgan fingerprint density at radius 1 is 0.783 bits per heavy atom. The summed E-state index contributed by atoms with van der Waals surface area (Å²) in [6, 6.07) is 8.68. The highest BCUT2D eigenvalue weighted by Gasteiger charge is 2.45. The van der Waals surface area contributed by atoms with Crippen molar-refractivity contribution < 1.29 is 4.74 Å². The lowest BCUT2D eigenvalue weighted by atomic mass is 9.54. The van der Waals surface area contributed by atoms with Crippen LogP contribution in [0.3, 0.4) is 0 Å². The van der Waals surface area contributed by atoms with Crippen LogP contribution in [0.5, 0.6) is 0 Å². The van der Waals surface area contributed by atoms with Crippen LogP contribution in [-0.2, 0) is 10.3 Å². The van der Waals surface area contributed by atoms with Crippen molar-refractivity contribution in [1.29, 1.82) is 0 Å². The molecular weight excluding hydrogens is 280 g/mol. The van der Waals surface area contributed by atoms with Crippen molar-refractivity contribution in [3.63, 3.8) is 0 Å². The van der Waals surface area contributed by atoms with Gasteiger partial charge in [-0.2, -0.15) is 0 Å². The summed E-state index contributed by atoms with van der Waals surface area (Å²) in [6.45, 7) is 23.8. The van der Waals surface area contributed by atoms with Crippen LogP contribution in [0.2, 0.25) is 0 Å². The molecule has 0 atom stereocenters. The van der Waals surface area contributed by atoms with E-state index in [1.54, 1.807) is 0 Å². The van der Waals surface area contributed by atoms with Crippen LogP contribution in [0.15, 0.2) is 24.3 Å². The Labute approximate surface area is 144 Å². The second-order valence-corrected chi connectivity index (χ2v) is 9.73. The van der Waals surface area contributed by atoms with Crippen LogP contribution in [0.1, 0.15) is 79.9 Å². The summed E-state index contributed by atoms with van der Waals surface area (Å²) in [5.41, 5.74) is 3.01.